The number of nitrogens with one attached hydrogen (secondary N) is 1. The molecular weight excluding hydrogens is 439 g/mol. The lowest BCUT2D eigenvalue weighted by molar-refractivity contribution is -0.136. The van der Waals surface area contributed by atoms with Crippen molar-refractivity contribution in [2.24, 2.45) is 5.73 Å². The van der Waals surface area contributed by atoms with Crippen molar-refractivity contribution in [2.45, 2.75) is 13.0 Å². The summed E-state index contributed by atoms with van der Waals surface area (Å²) in [6.45, 7) is 0.209. The van der Waals surface area contributed by atoms with E-state index in [0.717, 1.165) is 0 Å². The quantitative estimate of drug-likeness (QED) is 0.505. The first-order valence-corrected chi connectivity index (χ1v) is 9.56. The molecule has 0 radical (unpaired) electrons. The number of nitrogens with two attached hydrogens (primary N) is 1. The molecule has 0 bridgehead atoms. The van der Waals surface area contributed by atoms with E-state index in [1.54, 1.807) is 48.5 Å². The number of carbonyl (C=O) groups excluding carboxylic acids is 1. The molecule has 5 nitrogen and oxygen atoms in total. The van der Waals surface area contributed by atoms with Crippen LogP contribution >= 0.6 is 15.9 Å². The predicted molar refractivity (Wildman–Crippen MR) is 113 cm³/mol. The first-order valence-electron chi connectivity index (χ1n) is 8.77. The number of benzene rings is 3. The Kier molecular flexibility index (Phi) is 6.41. The van der Waals surface area contributed by atoms with E-state index in [-0.39, 0.29) is 13.0 Å². The Morgan fingerprint density at radius 3 is 2.55 bits per heavy atom. The monoisotopic (exact) mass is 456 g/mol. The molecule has 3 aromatic rings. The SMILES string of the molecule is NCc1cc(F)cc(-c2cccc(C(=O)Nc3cc(Br)ccc3CC(=O)O)c2)c1. The Labute approximate surface area is 175 Å². The van der Waals surface area contributed by atoms with Crippen LogP contribution in [0.2, 0.25) is 0 Å². The number of rotatable bonds is 6. The highest BCUT2D eigenvalue weighted by atomic mass is 79.9. The van der Waals surface area contributed by atoms with E-state index in [1.807, 2.05) is 0 Å². The molecule has 0 heterocycles. The number of anilines is 1. The number of halogens is 2. The molecule has 0 unspecified atom stereocenters. The minimum absolute atomic E-state index is 0.209. The molecule has 0 fully saturated rings. The summed E-state index contributed by atoms with van der Waals surface area (Å²) in [5.41, 5.74) is 8.82. The van der Waals surface area contributed by atoms with Crippen molar-refractivity contribution >= 4 is 33.5 Å². The van der Waals surface area contributed by atoms with Crippen LogP contribution in [0.4, 0.5) is 10.1 Å². The Hall–Kier alpha value is -3.03. The molecule has 0 spiro atoms. The lowest BCUT2D eigenvalue weighted by atomic mass is 10.0. The lowest BCUT2D eigenvalue weighted by Crippen LogP contribution is -2.14. The van der Waals surface area contributed by atoms with Crippen molar-refractivity contribution in [3.05, 3.63) is 87.6 Å². The van der Waals surface area contributed by atoms with E-state index in [0.29, 0.717) is 38.0 Å². The molecule has 0 saturated carbocycles. The fraction of sp³-hybridized carbons (Fsp3) is 0.0909. The summed E-state index contributed by atoms with van der Waals surface area (Å²) in [6.07, 6.45) is -0.214. The number of carboxylic acid groups (broad SMARTS) is 1. The van der Waals surface area contributed by atoms with Gasteiger partial charge in [0.05, 0.1) is 6.42 Å². The normalized spacial score (nSPS) is 10.6. The predicted octanol–water partition coefficient (Wildman–Crippen LogP) is 4.59. The standard InChI is InChI=1S/C22H18BrFN2O3/c23-18-5-4-15(10-21(27)28)20(11-18)26-22(29)16-3-1-2-14(8-16)17-6-13(12-25)7-19(24)9-17/h1-9,11H,10,12,25H2,(H,26,29)(H,27,28). The highest BCUT2D eigenvalue weighted by Gasteiger charge is 2.13. The van der Waals surface area contributed by atoms with Crippen molar-refractivity contribution in [3.8, 4) is 11.1 Å². The second-order valence-electron chi connectivity index (χ2n) is 6.46. The van der Waals surface area contributed by atoms with Gasteiger partial charge in [-0.2, -0.15) is 0 Å². The van der Waals surface area contributed by atoms with Crippen LogP contribution in [0.15, 0.2) is 65.1 Å². The Balaban J connectivity index is 1.90. The fourth-order valence-corrected chi connectivity index (χ4v) is 3.31. The molecule has 0 saturated heterocycles. The number of hydrogen-bond acceptors (Lipinski definition) is 3. The van der Waals surface area contributed by atoms with Crippen LogP contribution in [0.1, 0.15) is 21.5 Å². The van der Waals surface area contributed by atoms with E-state index < -0.39 is 17.7 Å². The van der Waals surface area contributed by atoms with Crippen LogP contribution in [0.5, 0.6) is 0 Å². The minimum atomic E-state index is -0.994. The molecule has 0 atom stereocenters. The second-order valence-corrected chi connectivity index (χ2v) is 7.37. The van der Waals surface area contributed by atoms with Gasteiger partial charge < -0.3 is 16.2 Å². The van der Waals surface area contributed by atoms with Crippen molar-refractivity contribution in [1.82, 2.24) is 0 Å². The average molecular weight is 457 g/mol. The molecule has 0 aliphatic carbocycles. The van der Waals surface area contributed by atoms with E-state index in [2.05, 4.69) is 21.2 Å². The zero-order valence-corrected chi connectivity index (χ0v) is 16.9. The number of hydrogen-bond donors (Lipinski definition) is 3. The van der Waals surface area contributed by atoms with Gasteiger partial charge in [-0.15, -0.1) is 0 Å². The van der Waals surface area contributed by atoms with Crippen LogP contribution in [-0.2, 0) is 17.8 Å². The second kappa shape index (κ2) is 8.98. The number of carbonyl (C=O) groups is 2. The summed E-state index contributed by atoms with van der Waals surface area (Å²) in [7, 11) is 0. The smallest absolute Gasteiger partial charge is 0.307 e. The first-order chi connectivity index (χ1) is 13.9. The van der Waals surface area contributed by atoms with Crippen molar-refractivity contribution in [2.75, 3.05) is 5.32 Å². The van der Waals surface area contributed by atoms with Crippen LogP contribution in [0.3, 0.4) is 0 Å². The molecular formula is C22H18BrFN2O3. The Morgan fingerprint density at radius 1 is 1.03 bits per heavy atom. The van der Waals surface area contributed by atoms with Gasteiger partial charge in [0.25, 0.3) is 5.91 Å². The van der Waals surface area contributed by atoms with Gasteiger partial charge in [0, 0.05) is 22.3 Å². The Morgan fingerprint density at radius 2 is 1.83 bits per heavy atom. The maximum Gasteiger partial charge on any atom is 0.307 e. The molecule has 0 aliphatic rings. The number of amides is 1. The van der Waals surface area contributed by atoms with Gasteiger partial charge in [0.15, 0.2) is 0 Å². The van der Waals surface area contributed by atoms with Crippen LogP contribution in [-0.4, -0.2) is 17.0 Å². The molecule has 7 heteroatoms. The average Bonchev–Trinajstić information content (AvgIpc) is 2.69. The lowest BCUT2D eigenvalue weighted by Gasteiger charge is -2.12. The zero-order chi connectivity index (χ0) is 21.0. The number of aliphatic carboxylic acids is 1. The highest BCUT2D eigenvalue weighted by Crippen LogP contribution is 2.25. The van der Waals surface area contributed by atoms with Gasteiger partial charge >= 0.3 is 5.97 Å². The van der Waals surface area contributed by atoms with Gasteiger partial charge in [-0.05, 0) is 64.7 Å². The van der Waals surface area contributed by atoms with Gasteiger partial charge in [-0.1, -0.05) is 34.1 Å². The zero-order valence-electron chi connectivity index (χ0n) is 15.3. The van der Waals surface area contributed by atoms with E-state index in [4.69, 9.17) is 10.8 Å². The first kappa shape index (κ1) is 20.7. The van der Waals surface area contributed by atoms with Gasteiger partial charge in [-0.25, -0.2) is 4.39 Å². The summed E-state index contributed by atoms with van der Waals surface area (Å²) >= 11 is 3.33. The van der Waals surface area contributed by atoms with Gasteiger partial charge in [-0.3, -0.25) is 9.59 Å². The molecule has 4 N–H and O–H groups in total. The topological polar surface area (TPSA) is 92.4 Å². The van der Waals surface area contributed by atoms with Crippen molar-refractivity contribution in [3.63, 3.8) is 0 Å². The number of carboxylic acids is 1. The van der Waals surface area contributed by atoms with Gasteiger partial charge in [0.2, 0.25) is 0 Å². The summed E-state index contributed by atoms with van der Waals surface area (Å²) < 4.78 is 14.6. The molecule has 1 amide bonds. The Bertz CT molecular complexity index is 1090. The summed E-state index contributed by atoms with van der Waals surface area (Å²) in [5.74, 6) is -1.79. The largest absolute Gasteiger partial charge is 0.481 e. The maximum absolute atomic E-state index is 13.8. The third-order valence-corrected chi connectivity index (χ3v) is 4.81. The molecule has 3 aromatic carbocycles. The third kappa shape index (κ3) is 5.28. The van der Waals surface area contributed by atoms with E-state index in [1.165, 1.54) is 12.1 Å². The van der Waals surface area contributed by atoms with Crippen molar-refractivity contribution < 1.29 is 19.1 Å². The molecule has 148 valence electrons. The summed E-state index contributed by atoms with van der Waals surface area (Å²) in [5, 5.41) is 11.8. The highest BCUT2D eigenvalue weighted by molar-refractivity contribution is 9.10. The summed E-state index contributed by atoms with van der Waals surface area (Å²) in [6, 6.07) is 16.3. The van der Waals surface area contributed by atoms with Gasteiger partial charge in [0.1, 0.15) is 5.82 Å². The molecule has 0 aliphatic heterocycles. The van der Waals surface area contributed by atoms with E-state index in [9.17, 15) is 14.0 Å². The fourth-order valence-electron chi connectivity index (χ4n) is 2.95. The van der Waals surface area contributed by atoms with E-state index >= 15 is 0 Å². The van der Waals surface area contributed by atoms with Crippen LogP contribution in [0, 0.1) is 5.82 Å². The third-order valence-electron chi connectivity index (χ3n) is 4.31. The maximum atomic E-state index is 13.8. The van der Waals surface area contributed by atoms with Crippen molar-refractivity contribution in [1.29, 1.82) is 0 Å². The molecule has 29 heavy (non-hydrogen) atoms. The molecule has 0 aromatic heterocycles. The van der Waals surface area contributed by atoms with Crippen LogP contribution < -0.4 is 11.1 Å². The minimum Gasteiger partial charge on any atom is -0.481 e. The van der Waals surface area contributed by atoms with Crippen LogP contribution in [0.25, 0.3) is 11.1 Å². The summed E-state index contributed by atoms with van der Waals surface area (Å²) in [4.78, 5) is 23.8. The molecule has 3 rings (SSSR count).